The molecule has 3 rings (SSSR count). The van der Waals surface area contributed by atoms with Crippen LogP contribution in [0, 0.1) is 13.8 Å². The first-order valence-corrected chi connectivity index (χ1v) is 8.49. The van der Waals surface area contributed by atoms with Gasteiger partial charge >= 0.3 is 0 Å². The molecule has 7 nitrogen and oxygen atoms in total. The number of aromatic nitrogens is 3. The molecule has 25 heavy (non-hydrogen) atoms. The summed E-state index contributed by atoms with van der Waals surface area (Å²) in [5.74, 6) is -0.303. The molecule has 0 radical (unpaired) electrons. The highest BCUT2D eigenvalue weighted by Gasteiger charge is 2.30. The van der Waals surface area contributed by atoms with E-state index < -0.39 is 0 Å². The molecular formula is C18H23N5O2. The number of nitrogens with zero attached hydrogens (tertiary/aromatic N) is 4. The summed E-state index contributed by atoms with van der Waals surface area (Å²) in [6, 6.07) is 5.42. The van der Waals surface area contributed by atoms with E-state index in [4.69, 9.17) is 0 Å². The third kappa shape index (κ3) is 3.55. The third-order valence-electron chi connectivity index (χ3n) is 4.60. The number of hydrogen-bond donors (Lipinski definition) is 1. The normalized spacial score (nSPS) is 16.9. The van der Waals surface area contributed by atoms with Crippen LogP contribution in [0.4, 0.5) is 0 Å². The number of carbonyl (C=O) groups excluding carboxylic acids is 2. The Balaban J connectivity index is 1.74. The molecule has 2 amide bonds. The minimum Gasteiger partial charge on any atom is -0.354 e. The molecule has 7 heteroatoms. The summed E-state index contributed by atoms with van der Waals surface area (Å²) in [5, 5.41) is 7.02. The van der Waals surface area contributed by atoms with Gasteiger partial charge in [0.25, 0.3) is 11.8 Å². The summed E-state index contributed by atoms with van der Waals surface area (Å²) in [7, 11) is 1.55. The maximum Gasteiger partial charge on any atom is 0.269 e. The fraction of sp³-hybridized carbons (Fsp3) is 0.444. The molecule has 1 saturated heterocycles. The average Bonchev–Trinajstić information content (AvgIpc) is 3.20. The van der Waals surface area contributed by atoms with Gasteiger partial charge in [-0.1, -0.05) is 0 Å². The predicted octanol–water partition coefficient (Wildman–Crippen LogP) is 1.56. The maximum absolute atomic E-state index is 12.8. The van der Waals surface area contributed by atoms with Crippen molar-refractivity contribution >= 4 is 11.8 Å². The van der Waals surface area contributed by atoms with Gasteiger partial charge < -0.3 is 10.2 Å². The second-order valence-electron chi connectivity index (χ2n) is 6.42. The van der Waals surface area contributed by atoms with Crippen LogP contribution in [-0.4, -0.2) is 51.1 Å². The number of pyridine rings is 1. The van der Waals surface area contributed by atoms with Crippen molar-refractivity contribution in [2.45, 2.75) is 39.3 Å². The minimum atomic E-state index is -0.262. The van der Waals surface area contributed by atoms with Crippen LogP contribution in [-0.2, 0) is 6.54 Å². The van der Waals surface area contributed by atoms with E-state index in [0.29, 0.717) is 17.8 Å². The summed E-state index contributed by atoms with van der Waals surface area (Å²) in [4.78, 5) is 30.4. The second-order valence-corrected chi connectivity index (χ2v) is 6.42. The van der Waals surface area contributed by atoms with Gasteiger partial charge in [-0.15, -0.1) is 0 Å². The largest absolute Gasteiger partial charge is 0.354 e. The number of aryl methyl sites for hydroxylation is 2. The van der Waals surface area contributed by atoms with Crippen LogP contribution in [0.1, 0.15) is 45.1 Å². The van der Waals surface area contributed by atoms with Gasteiger partial charge in [-0.2, -0.15) is 5.10 Å². The van der Waals surface area contributed by atoms with E-state index in [1.807, 2.05) is 29.5 Å². The Kier molecular flexibility index (Phi) is 4.83. The summed E-state index contributed by atoms with van der Waals surface area (Å²) < 4.78 is 1.97. The zero-order valence-corrected chi connectivity index (χ0v) is 14.8. The molecule has 1 unspecified atom stereocenters. The van der Waals surface area contributed by atoms with Gasteiger partial charge in [0, 0.05) is 25.5 Å². The van der Waals surface area contributed by atoms with E-state index in [-0.39, 0.29) is 17.9 Å². The number of nitrogens with one attached hydrogen (secondary N) is 1. The number of likely N-dealkylation sites (tertiary alicyclic amines) is 1. The van der Waals surface area contributed by atoms with Crippen molar-refractivity contribution in [3.63, 3.8) is 0 Å². The summed E-state index contributed by atoms with van der Waals surface area (Å²) in [5.41, 5.74) is 2.91. The van der Waals surface area contributed by atoms with Gasteiger partial charge in [0.2, 0.25) is 0 Å². The molecule has 2 aromatic heterocycles. The highest BCUT2D eigenvalue weighted by Crippen LogP contribution is 2.22. The molecule has 1 atom stereocenters. The van der Waals surface area contributed by atoms with Crippen LogP contribution in [0.3, 0.4) is 0 Å². The van der Waals surface area contributed by atoms with Crippen LogP contribution in [0.25, 0.3) is 0 Å². The Morgan fingerprint density at radius 3 is 2.72 bits per heavy atom. The lowest BCUT2D eigenvalue weighted by atomic mass is 10.2. The number of amides is 2. The Morgan fingerprint density at radius 2 is 2.12 bits per heavy atom. The maximum atomic E-state index is 12.8. The molecule has 0 aliphatic carbocycles. The predicted molar refractivity (Wildman–Crippen MR) is 93.4 cm³/mol. The number of rotatable bonds is 4. The Labute approximate surface area is 147 Å². The highest BCUT2D eigenvalue weighted by molar-refractivity contribution is 5.96. The van der Waals surface area contributed by atoms with E-state index in [1.165, 1.54) is 6.20 Å². The first-order chi connectivity index (χ1) is 12.0. The van der Waals surface area contributed by atoms with Crippen molar-refractivity contribution in [1.82, 2.24) is 25.0 Å². The van der Waals surface area contributed by atoms with Crippen molar-refractivity contribution in [1.29, 1.82) is 0 Å². The van der Waals surface area contributed by atoms with E-state index in [1.54, 1.807) is 19.2 Å². The molecule has 0 saturated carbocycles. The van der Waals surface area contributed by atoms with Gasteiger partial charge in [-0.05, 0) is 44.9 Å². The topological polar surface area (TPSA) is 80.1 Å². The van der Waals surface area contributed by atoms with E-state index in [2.05, 4.69) is 15.4 Å². The molecule has 0 spiro atoms. The van der Waals surface area contributed by atoms with Gasteiger partial charge in [-0.25, -0.2) is 0 Å². The van der Waals surface area contributed by atoms with Crippen molar-refractivity contribution in [2.24, 2.45) is 0 Å². The van der Waals surface area contributed by atoms with Crippen LogP contribution in [0.2, 0.25) is 0 Å². The van der Waals surface area contributed by atoms with Gasteiger partial charge in [-0.3, -0.25) is 19.3 Å². The third-order valence-corrected chi connectivity index (χ3v) is 4.60. The molecule has 3 heterocycles. The van der Waals surface area contributed by atoms with Gasteiger partial charge in [0.15, 0.2) is 0 Å². The lowest BCUT2D eigenvalue weighted by Crippen LogP contribution is -2.38. The molecule has 1 fully saturated rings. The molecule has 1 N–H and O–H groups in total. The number of carbonyl (C=O) groups is 2. The summed E-state index contributed by atoms with van der Waals surface area (Å²) in [6.45, 7) is 5.44. The zero-order valence-electron chi connectivity index (χ0n) is 14.8. The fourth-order valence-electron chi connectivity index (χ4n) is 3.30. The van der Waals surface area contributed by atoms with Crippen LogP contribution in [0.15, 0.2) is 24.4 Å². The standard InChI is InChI=1S/C18H23N5O2/c1-12-9-13(2)23(21-12)11-15-5-4-8-22(15)18(25)14-6-7-16(20-10-14)17(24)19-3/h6-7,9-10,15H,4-5,8,11H2,1-3H3,(H,19,24). The molecule has 1 aliphatic rings. The quantitative estimate of drug-likeness (QED) is 0.915. The van der Waals surface area contributed by atoms with Gasteiger partial charge in [0.1, 0.15) is 5.69 Å². The molecule has 2 aromatic rings. The lowest BCUT2D eigenvalue weighted by Gasteiger charge is -2.25. The minimum absolute atomic E-state index is 0.0417. The molecular weight excluding hydrogens is 318 g/mol. The molecule has 0 bridgehead atoms. The summed E-state index contributed by atoms with van der Waals surface area (Å²) in [6.07, 6.45) is 3.43. The molecule has 1 aliphatic heterocycles. The highest BCUT2D eigenvalue weighted by atomic mass is 16.2. The average molecular weight is 341 g/mol. The smallest absolute Gasteiger partial charge is 0.269 e. The van der Waals surface area contributed by atoms with Crippen LogP contribution >= 0.6 is 0 Å². The lowest BCUT2D eigenvalue weighted by molar-refractivity contribution is 0.0720. The fourth-order valence-corrected chi connectivity index (χ4v) is 3.30. The van der Waals surface area contributed by atoms with Crippen molar-refractivity contribution in [2.75, 3.05) is 13.6 Å². The number of hydrogen-bond acceptors (Lipinski definition) is 4. The van der Waals surface area contributed by atoms with E-state index >= 15 is 0 Å². The van der Waals surface area contributed by atoms with Gasteiger partial charge in [0.05, 0.1) is 23.8 Å². The Hall–Kier alpha value is -2.70. The molecule has 132 valence electrons. The van der Waals surface area contributed by atoms with E-state index in [0.717, 1.165) is 30.8 Å². The second kappa shape index (κ2) is 7.04. The van der Waals surface area contributed by atoms with Crippen molar-refractivity contribution in [3.8, 4) is 0 Å². The van der Waals surface area contributed by atoms with Crippen LogP contribution < -0.4 is 5.32 Å². The zero-order chi connectivity index (χ0) is 18.0. The van der Waals surface area contributed by atoms with Crippen LogP contribution in [0.5, 0.6) is 0 Å². The molecule has 0 aromatic carbocycles. The Bertz CT molecular complexity index is 781. The SMILES string of the molecule is CNC(=O)c1ccc(C(=O)N2CCCC2Cn2nc(C)cc2C)cn1. The summed E-state index contributed by atoms with van der Waals surface area (Å²) >= 11 is 0. The van der Waals surface area contributed by atoms with E-state index in [9.17, 15) is 9.59 Å². The van der Waals surface area contributed by atoms with Crippen molar-refractivity contribution < 1.29 is 9.59 Å². The Morgan fingerprint density at radius 1 is 1.32 bits per heavy atom. The first-order valence-electron chi connectivity index (χ1n) is 8.49. The van der Waals surface area contributed by atoms with Crippen molar-refractivity contribution in [3.05, 3.63) is 47.0 Å². The first kappa shape index (κ1) is 17.1. The monoisotopic (exact) mass is 341 g/mol.